The first-order chi connectivity index (χ1) is 15.0. The van der Waals surface area contributed by atoms with Crippen LogP contribution in [0.5, 0.6) is 11.5 Å². The molecule has 0 saturated carbocycles. The van der Waals surface area contributed by atoms with Gasteiger partial charge < -0.3 is 29.2 Å². The molecular weight excluding hydrogens is 402 g/mol. The summed E-state index contributed by atoms with van der Waals surface area (Å²) < 4.78 is 17.9. The quantitative estimate of drug-likeness (QED) is 0.472. The van der Waals surface area contributed by atoms with E-state index in [0.717, 1.165) is 16.6 Å². The maximum Gasteiger partial charge on any atom is 0.343 e. The lowest BCUT2D eigenvalue weighted by Gasteiger charge is -2.31. The lowest BCUT2D eigenvalue weighted by Crippen LogP contribution is -2.44. The van der Waals surface area contributed by atoms with Crippen molar-refractivity contribution in [2.45, 2.75) is 32.1 Å². The molecule has 1 atom stereocenters. The number of anilines is 1. The van der Waals surface area contributed by atoms with E-state index >= 15 is 0 Å². The Balaban J connectivity index is 1.62. The van der Waals surface area contributed by atoms with Gasteiger partial charge in [0.1, 0.15) is 6.61 Å². The van der Waals surface area contributed by atoms with Crippen molar-refractivity contribution in [2.24, 2.45) is 0 Å². The number of carbonyl (C=O) groups excluding carboxylic acids is 1. The van der Waals surface area contributed by atoms with Crippen LogP contribution in [0.3, 0.4) is 0 Å². The van der Waals surface area contributed by atoms with E-state index in [9.17, 15) is 14.7 Å². The van der Waals surface area contributed by atoms with Crippen LogP contribution in [0.15, 0.2) is 23.0 Å². The predicted octanol–water partition coefficient (Wildman–Crippen LogP) is 1.85. The van der Waals surface area contributed by atoms with Gasteiger partial charge in [0.05, 0.1) is 34.7 Å². The van der Waals surface area contributed by atoms with E-state index in [1.165, 1.54) is 0 Å². The largest absolute Gasteiger partial charge is 0.458 e. The summed E-state index contributed by atoms with van der Waals surface area (Å²) in [5.41, 5.74) is 2.05. The molecule has 0 fully saturated rings. The van der Waals surface area contributed by atoms with Crippen LogP contribution in [0.1, 0.15) is 30.0 Å². The molecule has 0 saturated heterocycles. The minimum absolute atomic E-state index is 0.106. The smallest absolute Gasteiger partial charge is 0.343 e. The van der Waals surface area contributed by atoms with Crippen LogP contribution in [0, 0.1) is 0 Å². The van der Waals surface area contributed by atoms with Crippen LogP contribution in [-0.4, -0.2) is 34.5 Å². The topological polar surface area (TPSA) is 112 Å². The van der Waals surface area contributed by atoms with E-state index in [4.69, 9.17) is 19.2 Å². The Morgan fingerprint density at radius 1 is 1.23 bits per heavy atom. The molecule has 2 N–H and O–H groups in total. The molecule has 3 aromatic rings. The Morgan fingerprint density at radius 3 is 2.84 bits per heavy atom. The van der Waals surface area contributed by atoms with Crippen molar-refractivity contribution >= 4 is 22.6 Å². The fourth-order valence-electron chi connectivity index (χ4n) is 4.73. The number of hydrogen-bond acceptors (Lipinski definition) is 8. The fourth-order valence-corrected chi connectivity index (χ4v) is 4.73. The molecule has 1 unspecified atom stereocenters. The second kappa shape index (κ2) is 5.98. The first-order valence-corrected chi connectivity index (χ1v) is 10.1. The van der Waals surface area contributed by atoms with Gasteiger partial charge >= 0.3 is 5.97 Å². The number of aliphatic hydroxyl groups is 1. The third kappa shape index (κ3) is 2.21. The highest BCUT2D eigenvalue weighted by atomic mass is 16.7. The van der Waals surface area contributed by atoms with Gasteiger partial charge in [-0.2, -0.15) is 0 Å². The number of nitrogens with zero attached hydrogens (tertiary/aromatic N) is 2. The van der Waals surface area contributed by atoms with E-state index in [-0.39, 0.29) is 25.4 Å². The molecule has 2 aromatic heterocycles. The minimum Gasteiger partial charge on any atom is -0.458 e. The molecule has 6 rings (SSSR count). The van der Waals surface area contributed by atoms with Crippen LogP contribution in [0.2, 0.25) is 0 Å². The first-order valence-electron chi connectivity index (χ1n) is 10.1. The molecule has 0 spiro atoms. The summed E-state index contributed by atoms with van der Waals surface area (Å²) in [7, 11) is 1.81. The summed E-state index contributed by atoms with van der Waals surface area (Å²) in [4.78, 5) is 30.4. The summed E-state index contributed by atoms with van der Waals surface area (Å²) in [6.07, 6.45) is 0.106. The molecule has 5 heterocycles. The standard InChI is InChI=1S/C22H19N3O6/c1-3-22(28)13-5-15-17-10(7-25(15)20(26)12(13)8-29-21(22)27)4-11-14(24-17)6-16-19(18(11)23-2)31-9-30-16/h4-6,23,28H,3,7-9H2,1-2H3. The van der Waals surface area contributed by atoms with Gasteiger partial charge in [-0.05, 0) is 18.6 Å². The van der Waals surface area contributed by atoms with E-state index in [2.05, 4.69) is 5.32 Å². The lowest BCUT2D eigenvalue weighted by molar-refractivity contribution is -0.172. The van der Waals surface area contributed by atoms with Crippen LogP contribution in [0.4, 0.5) is 5.69 Å². The van der Waals surface area contributed by atoms with Crippen LogP contribution in [-0.2, 0) is 28.3 Å². The number of cyclic esters (lactones) is 1. The zero-order valence-corrected chi connectivity index (χ0v) is 16.9. The summed E-state index contributed by atoms with van der Waals surface area (Å²) in [6.45, 7) is 2.03. The number of nitrogens with one attached hydrogen (secondary N) is 1. The van der Waals surface area contributed by atoms with Gasteiger partial charge in [0.25, 0.3) is 5.56 Å². The van der Waals surface area contributed by atoms with Gasteiger partial charge in [0.2, 0.25) is 6.79 Å². The second-order valence-electron chi connectivity index (χ2n) is 7.90. The van der Waals surface area contributed by atoms with E-state index < -0.39 is 11.6 Å². The molecule has 0 aliphatic carbocycles. The summed E-state index contributed by atoms with van der Waals surface area (Å²) in [5.74, 6) is 0.514. The van der Waals surface area contributed by atoms with Crippen molar-refractivity contribution in [3.63, 3.8) is 0 Å². The Kier molecular flexibility index (Phi) is 3.51. The van der Waals surface area contributed by atoms with Crippen LogP contribution < -0.4 is 20.3 Å². The number of carbonyl (C=O) groups is 1. The Bertz CT molecular complexity index is 1380. The second-order valence-corrected chi connectivity index (χ2v) is 7.90. The van der Waals surface area contributed by atoms with E-state index in [1.807, 2.05) is 12.1 Å². The van der Waals surface area contributed by atoms with Crippen LogP contribution in [0.25, 0.3) is 22.3 Å². The number of esters is 1. The average molecular weight is 421 g/mol. The van der Waals surface area contributed by atoms with Gasteiger partial charge in [0.15, 0.2) is 17.1 Å². The molecule has 9 heteroatoms. The maximum absolute atomic E-state index is 13.2. The maximum atomic E-state index is 13.2. The lowest BCUT2D eigenvalue weighted by atomic mass is 9.86. The highest BCUT2D eigenvalue weighted by Crippen LogP contribution is 2.46. The Labute approximate surface area is 176 Å². The van der Waals surface area contributed by atoms with Crippen molar-refractivity contribution in [3.05, 3.63) is 45.2 Å². The highest BCUT2D eigenvalue weighted by Gasteiger charge is 2.45. The van der Waals surface area contributed by atoms with Crippen molar-refractivity contribution in [3.8, 4) is 22.9 Å². The minimum atomic E-state index is -1.84. The average Bonchev–Trinajstić information content (AvgIpc) is 3.38. The summed E-state index contributed by atoms with van der Waals surface area (Å²) in [6, 6.07) is 5.51. The molecule has 0 bridgehead atoms. The van der Waals surface area contributed by atoms with Gasteiger partial charge in [-0.3, -0.25) is 4.79 Å². The molecule has 158 valence electrons. The van der Waals surface area contributed by atoms with Crippen molar-refractivity contribution in [1.82, 2.24) is 9.55 Å². The number of aromatic nitrogens is 2. The van der Waals surface area contributed by atoms with E-state index in [1.54, 1.807) is 24.6 Å². The zero-order chi connectivity index (χ0) is 21.5. The van der Waals surface area contributed by atoms with Gasteiger partial charge in [-0.1, -0.05) is 6.92 Å². The molecule has 3 aliphatic heterocycles. The third-order valence-corrected chi connectivity index (χ3v) is 6.40. The molecule has 9 nitrogen and oxygen atoms in total. The SMILES string of the molecule is CCC1(O)C(=O)OCc2c1cc1n(c2=O)Cc2cc3c(NC)c4c(cc3nc2-1)OCO4. The molecule has 3 aliphatic rings. The normalized spacial score (nSPS) is 20.3. The van der Waals surface area contributed by atoms with Gasteiger partial charge in [-0.25, -0.2) is 9.78 Å². The fraction of sp³-hybridized carbons (Fsp3) is 0.318. The first kappa shape index (κ1) is 18.2. The summed E-state index contributed by atoms with van der Waals surface area (Å²) in [5, 5.41) is 15.0. The Hall–Kier alpha value is -3.59. The Morgan fingerprint density at radius 2 is 2.06 bits per heavy atom. The van der Waals surface area contributed by atoms with Gasteiger partial charge in [-0.15, -0.1) is 0 Å². The van der Waals surface area contributed by atoms with Crippen LogP contribution >= 0.6 is 0 Å². The number of fused-ring (bicyclic) bond motifs is 6. The number of rotatable bonds is 2. The van der Waals surface area contributed by atoms with Crippen molar-refractivity contribution in [1.29, 1.82) is 0 Å². The summed E-state index contributed by atoms with van der Waals surface area (Å²) >= 11 is 0. The number of benzene rings is 1. The van der Waals surface area contributed by atoms with Gasteiger partial charge in [0, 0.05) is 29.6 Å². The number of pyridine rings is 2. The highest BCUT2D eigenvalue weighted by molar-refractivity contribution is 5.99. The molecular formula is C22H19N3O6. The zero-order valence-electron chi connectivity index (χ0n) is 16.9. The number of hydrogen-bond donors (Lipinski definition) is 2. The van der Waals surface area contributed by atoms with E-state index in [0.29, 0.717) is 46.1 Å². The predicted molar refractivity (Wildman–Crippen MR) is 110 cm³/mol. The number of ether oxygens (including phenoxy) is 3. The monoisotopic (exact) mass is 421 g/mol. The van der Waals surface area contributed by atoms with Crippen molar-refractivity contribution in [2.75, 3.05) is 19.2 Å². The molecule has 31 heavy (non-hydrogen) atoms. The third-order valence-electron chi connectivity index (χ3n) is 6.40. The molecule has 0 amide bonds. The molecule has 0 radical (unpaired) electrons. The van der Waals surface area contributed by atoms with Crippen molar-refractivity contribution < 1.29 is 24.1 Å². The molecule has 1 aromatic carbocycles.